The van der Waals surface area contributed by atoms with Crippen molar-refractivity contribution < 1.29 is 33.7 Å². The maximum Gasteiger partial charge on any atom is 0.350 e. The van der Waals surface area contributed by atoms with Gasteiger partial charge in [0.05, 0.1) is 31.0 Å². The second-order valence-corrected chi connectivity index (χ2v) is 9.63. The number of aryl methyl sites for hydroxylation is 2. The molecule has 4 rings (SSSR count). The maximum absolute atomic E-state index is 13.5. The number of methoxy groups -OCH3 is 1. The largest absolute Gasteiger partial charge is 0.507 e. The summed E-state index contributed by atoms with van der Waals surface area (Å²) in [5, 5.41) is 11.5. The van der Waals surface area contributed by atoms with Gasteiger partial charge in [-0.2, -0.15) is 0 Å². The third-order valence-electron chi connectivity index (χ3n) is 6.13. The highest BCUT2D eigenvalue weighted by molar-refractivity contribution is 7.17. The van der Waals surface area contributed by atoms with Gasteiger partial charge in [0.2, 0.25) is 0 Å². The van der Waals surface area contributed by atoms with E-state index in [-0.39, 0.29) is 27.9 Å². The molecule has 10 heteroatoms. The van der Waals surface area contributed by atoms with Gasteiger partial charge in [0.15, 0.2) is 5.13 Å². The number of Topliss-reactive ketones (excluding diaryl/α,β-unsaturated/α-hetero) is 1. The van der Waals surface area contributed by atoms with Crippen LogP contribution in [-0.4, -0.2) is 48.1 Å². The Labute approximate surface area is 230 Å². The van der Waals surface area contributed by atoms with Crippen LogP contribution in [0, 0.1) is 13.8 Å². The summed E-state index contributed by atoms with van der Waals surface area (Å²) in [6.45, 7) is 9.34. The van der Waals surface area contributed by atoms with Crippen molar-refractivity contribution in [2.75, 3.05) is 25.2 Å². The zero-order chi connectivity index (χ0) is 28.3. The summed E-state index contributed by atoms with van der Waals surface area (Å²) in [5.74, 6) is -1.46. The number of hydrogen-bond acceptors (Lipinski definition) is 9. The Kier molecular flexibility index (Phi) is 8.15. The van der Waals surface area contributed by atoms with Crippen LogP contribution in [0.2, 0.25) is 0 Å². The lowest BCUT2D eigenvalue weighted by Gasteiger charge is -2.23. The molecule has 0 bridgehead atoms. The highest BCUT2D eigenvalue weighted by atomic mass is 32.1. The number of ketones is 1. The molecule has 1 fully saturated rings. The highest BCUT2D eigenvalue weighted by Crippen LogP contribution is 2.44. The summed E-state index contributed by atoms with van der Waals surface area (Å²) >= 11 is 0.934. The summed E-state index contributed by atoms with van der Waals surface area (Å²) in [4.78, 5) is 45.3. The average molecular weight is 549 g/mol. The second-order valence-electron chi connectivity index (χ2n) is 8.65. The molecule has 2 aromatic carbocycles. The van der Waals surface area contributed by atoms with Crippen molar-refractivity contribution in [2.45, 2.75) is 26.8 Å². The van der Waals surface area contributed by atoms with Gasteiger partial charge in [-0.3, -0.25) is 14.5 Å². The zero-order valence-electron chi connectivity index (χ0n) is 22.0. The van der Waals surface area contributed by atoms with Crippen LogP contribution in [-0.2, 0) is 14.3 Å². The fourth-order valence-corrected chi connectivity index (χ4v) is 5.26. The molecule has 2 heterocycles. The van der Waals surface area contributed by atoms with E-state index >= 15 is 0 Å². The Morgan fingerprint density at radius 3 is 2.51 bits per heavy atom. The van der Waals surface area contributed by atoms with Crippen LogP contribution in [0.25, 0.3) is 5.76 Å². The van der Waals surface area contributed by atoms with Crippen molar-refractivity contribution in [3.8, 4) is 11.5 Å². The number of aromatic nitrogens is 1. The number of ether oxygens (including phenoxy) is 3. The predicted molar refractivity (Wildman–Crippen MR) is 147 cm³/mol. The van der Waals surface area contributed by atoms with Gasteiger partial charge >= 0.3 is 11.9 Å². The smallest absolute Gasteiger partial charge is 0.350 e. The van der Waals surface area contributed by atoms with E-state index in [1.54, 1.807) is 49.4 Å². The quantitative estimate of drug-likeness (QED) is 0.129. The molecule has 202 valence electrons. The van der Waals surface area contributed by atoms with Crippen molar-refractivity contribution in [3.05, 3.63) is 88.0 Å². The van der Waals surface area contributed by atoms with Gasteiger partial charge in [-0.25, -0.2) is 9.78 Å². The Balaban J connectivity index is 1.87. The highest BCUT2D eigenvalue weighted by Gasteiger charge is 2.48. The lowest BCUT2D eigenvalue weighted by Crippen LogP contribution is -2.29. The molecule has 39 heavy (non-hydrogen) atoms. The number of carbonyl (C=O) groups is 3. The molecular formula is C29H28N2O7S. The molecule has 1 aromatic heterocycles. The first-order valence-corrected chi connectivity index (χ1v) is 13.0. The topological polar surface area (TPSA) is 115 Å². The van der Waals surface area contributed by atoms with Crippen molar-refractivity contribution in [1.29, 1.82) is 0 Å². The first-order valence-electron chi connectivity index (χ1n) is 12.2. The number of nitrogens with zero attached hydrogens (tertiary/aromatic N) is 2. The lowest BCUT2D eigenvalue weighted by molar-refractivity contribution is -0.132. The van der Waals surface area contributed by atoms with E-state index in [1.165, 1.54) is 18.1 Å². The molecule has 1 aliphatic rings. The van der Waals surface area contributed by atoms with Gasteiger partial charge in [0.25, 0.3) is 5.78 Å². The van der Waals surface area contributed by atoms with Crippen LogP contribution in [0.5, 0.6) is 11.5 Å². The van der Waals surface area contributed by atoms with Crippen LogP contribution in [0.15, 0.2) is 60.7 Å². The molecule has 0 spiro atoms. The number of aliphatic hydroxyl groups excluding tert-OH is 1. The summed E-state index contributed by atoms with van der Waals surface area (Å²) in [6.07, 6.45) is 1.44. The molecule has 0 unspecified atom stereocenters. The predicted octanol–water partition coefficient (Wildman–Crippen LogP) is 5.14. The molecule has 0 saturated carbocycles. The molecule has 1 atom stereocenters. The lowest BCUT2D eigenvalue weighted by atomic mass is 9.95. The average Bonchev–Trinajstić information content (AvgIpc) is 3.44. The molecule has 3 aromatic rings. The number of esters is 1. The normalized spacial score (nSPS) is 16.3. The number of benzene rings is 2. The molecule has 1 aliphatic heterocycles. The molecule has 1 N–H and O–H groups in total. The Morgan fingerprint density at radius 2 is 1.90 bits per heavy atom. The molecular weight excluding hydrogens is 520 g/mol. The van der Waals surface area contributed by atoms with Crippen LogP contribution in [0.1, 0.15) is 45.0 Å². The standard InChI is InChI=1S/C29H28N2O7S/c1-6-14-38-28(35)26-17(4)30-29(39-26)31-23(18-8-11-20(36-5)12-9-18)22(25(33)27(31)34)24(32)19-10-13-21(37-7-2)16(3)15-19/h6,8-13,15,23,32H,1,7,14H2,2-5H3/t23-/m0/s1. The first-order chi connectivity index (χ1) is 18.7. The van der Waals surface area contributed by atoms with Crippen LogP contribution in [0.3, 0.4) is 0 Å². The number of thiazole rings is 1. The second kappa shape index (κ2) is 11.5. The monoisotopic (exact) mass is 548 g/mol. The summed E-state index contributed by atoms with van der Waals surface area (Å²) < 4.78 is 16.0. The number of carbonyl (C=O) groups excluding carboxylic acids is 3. The zero-order valence-corrected chi connectivity index (χ0v) is 22.8. The Bertz CT molecular complexity index is 1470. The minimum absolute atomic E-state index is 0.0172. The number of amides is 1. The maximum atomic E-state index is 13.5. The summed E-state index contributed by atoms with van der Waals surface area (Å²) in [5.41, 5.74) is 1.91. The van der Waals surface area contributed by atoms with Crippen molar-refractivity contribution in [3.63, 3.8) is 0 Å². The fourth-order valence-electron chi connectivity index (χ4n) is 4.28. The van der Waals surface area contributed by atoms with Gasteiger partial charge < -0.3 is 19.3 Å². The fraction of sp³-hybridized carbons (Fsp3) is 0.241. The molecule has 1 saturated heterocycles. The minimum atomic E-state index is -1.01. The Morgan fingerprint density at radius 1 is 1.18 bits per heavy atom. The van der Waals surface area contributed by atoms with Gasteiger partial charge in [0.1, 0.15) is 28.7 Å². The van der Waals surface area contributed by atoms with E-state index in [1.807, 2.05) is 13.8 Å². The van der Waals surface area contributed by atoms with Crippen LogP contribution in [0.4, 0.5) is 5.13 Å². The van der Waals surface area contributed by atoms with E-state index in [2.05, 4.69) is 11.6 Å². The van der Waals surface area contributed by atoms with Gasteiger partial charge in [-0.15, -0.1) is 0 Å². The van der Waals surface area contributed by atoms with Gasteiger partial charge in [-0.05, 0) is 62.2 Å². The van der Waals surface area contributed by atoms with E-state index in [9.17, 15) is 19.5 Å². The van der Waals surface area contributed by atoms with Gasteiger partial charge in [0, 0.05) is 5.56 Å². The summed E-state index contributed by atoms with van der Waals surface area (Å²) in [6, 6.07) is 10.8. The molecule has 0 radical (unpaired) electrons. The SMILES string of the molecule is C=CCOC(=O)c1sc(N2C(=O)C(=O)C(=C(O)c3ccc(OCC)c(C)c3)[C@@H]2c2ccc(OC)cc2)nc1C. The van der Waals surface area contributed by atoms with E-state index in [0.29, 0.717) is 34.9 Å². The first kappa shape index (κ1) is 27.6. The number of anilines is 1. The van der Waals surface area contributed by atoms with Crippen molar-refractivity contribution >= 4 is 39.9 Å². The van der Waals surface area contributed by atoms with E-state index in [4.69, 9.17) is 14.2 Å². The summed E-state index contributed by atoms with van der Waals surface area (Å²) in [7, 11) is 1.53. The van der Waals surface area contributed by atoms with Crippen molar-refractivity contribution in [2.24, 2.45) is 0 Å². The Hall–Kier alpha value is -4.44. The number of aliphatic hydroxyl groups is 1. The van der Waals surface area contributed by atoms with E-state index in [0.717, 1.165) is 16.9 Å². The van der Waals surface area contributed by atoms with Gasteiger partial charge in [-0.1, -0.05) is 36.1 Å². The van der Waals surface area contributed by atoms with E-state index < -0.39 is 23.7 Å². The van der Waals surface area contributed by atoms with Crippen LogP contribution < -0.4 is 14.4 Å². The molecule has 1 amide bonds. The molecule has 9 nitrogen and oxygen atoms in total. The third-order valence-corrected chi connectivity index (χ3v) is 7.27. The number of hydrogen-bond donors (Lipinski definition) is 1. The third kappa shape index (κ3) is 5.28. The number of rotatable bonds is 9. The van der Waals surface area contributed by atoms with Crippen LogP contribution >= 0.6 is 11.3 Å². The molecule has 0 aliphatic carbocycles. The van der Waals surface area contributed by atoms with Crippen molar-refractivity contribution in [1.82, 2.24) is 4.98 Å². The minimum Gasteiger partial charge on any atom is -0.507 e.